The van der Waals surface area contributed by atoms with E-state index in [1.807, 2.05) is 37.6 Å². The van der Waals surface area contributed by atoms with Crippen LogP contribution in [0.5, 0.6) is 0 Å². The zero-order valence-corrected chi connectivity index (χ0v) is 15.2. The van der Waals surface area contributed by atoms with Crippen LogP contribution in [0.25, 0.3) is 27.1 Å². The fourth-order valence-electron chi connectivity index (χ4n) is 3.38. The van der Waals surface area contributed by atoms with Gasteiger partial charge in [-0.15, -0.1) is 0 Å². The van der Waals surface area contributed by atoms with Gasteiger partial charge in [-0.2, -0.15) is 5.10 Å². The maximum atomic E-state index is 12.6. The van der Waals surface area contributed by atoms with Gasteiger partial charge in [-0.05, 0) is 12.1 Å². The van der Waals surface area contributed by atoms with E-state index < -0.39 is 0 Å². The molecule has 1 aliphatic heterocycles. The summed E-state index contributed by atoms with van der Waals surface area (Å²) in [5.41, 5.74) is 2.52. The minimum absolute atomic E-state index is 0.0473. The fourth-order valence-corrected chi connectivity index (χ4v) is 4.42. The van der Waals surface area contributed by atoms with Gasteiger partial charge in [0.2, 0.25) is 0 Å². The molecule has 1 N–H and O–H groups in total. The molecule has 0 unspecified atom stereocenters. The minimum atomic E-state index is -0.0473. The molecule has 4 heterocycles. The highest BCUT2D eigenvalue weighted by Crippen LogP contribution is 2.27. The number of aromatic nitrogens is 4. The van der Waals surface area contributed by atoms with Crippen molar-refractivity contribution in [1.82, 2.24) is 24.5 Å². The van der Waals surface area contributed by atoms with Gasteiger partial charge < -0.3 is 10.2 Å². The summed E-state index contributed by atoms with van der Waals surface area (Å²) in [5, 5.41) is 9.88. The monoisotopic (exact) mass is 366 g/mol. The molecule has 0 bridgehead atoms. The predicted molar refractivity (Wildman–Crippen MR) is 104 cm³/mol. The van der Waals surface area contributed by atoms with Crippen molar-refractivity contribution >= 4 is 32.2 Å². The summed E-state index contributed by atoms with van der Waals surface area (Å²) in [4.78, 5) is 20.4. The van der Waals surface area contributed by atoms with Gasteiger partial charge in [0.25, 0.3) is 5.56 Å². The summed E-state index contributed by atoms with van der Waals surface area (Å²) >= 11 is 1.57. The smallest absolute Gasteiger partial charge is 0.259 e. The van der Waals surface area contributed by atoms with Crippen LogP contribution >= 0.6 is 11.3 Å². The number of nitrogens with zero attached hydrogens (tertiary/aromatic N) is 5. The second kappa shape index (κ2) is 5.93. The van der Waals surface area contributed by atoms with Gasteiger partial charge in [0.05, 0.1) is 11.2 Å². The van der Waals surface area contributed by atoms with Crippen molar-refractivity contribution in [3.05, 3.63) is 47.0 Å². The molecule has 0 radical (unpaired) electrons. The Morgan fingerprint density at radius 2 is 2.00 bits per heavy atom. The van der Waals surface area contributed by atoms with Gasteiger partial charge in [0, 0.05) is 62.6 Å². The van der Waals surface area contributed by atoms with Crippen LogP contribution in [-0.2, 0) is 7.05 Å². The maximum Gasteiger partial charge on any atom is 0.259 e. The number of piperazine rings is 1. The summed E-state index contributed by atoms with van der Waals surface area (Å²) < 4.78 is 3.44. The standard InChI is InChI=1S/C18H18N6OS/c1-22-10-13-8-12(2-3-14(13)21-22)15-9-16(25)24-11-17(26-18(24)20-15)23-6-4-19-5-7-23/h2-3,8-11,19H,4-7H2,1H3. The van der Waals surface area contributed by atoms with E-state index in [4.69, 9.17) is 4.98 Å². The van der Waals surface area contributed by atoms with Crippen molar-refractivity contribution in [2.45, 2.75) is 0 Å². The SMILES string of the molecule is Cn1cc2cc(-c3cc(=O)n4cc(N5CCNCC5)sc4n3)ccc2n1. The van der Waals surface area contributed by atoms with Crippen molar-refractivity contribution in [1.29, 1.82) is 0 Å². The highest BCUT2D eigenvalue weighted by atomic mass is 32.1. The van der Waals surface area contributed by atoms with Crippen LogP contribution in [0.15, 0.2) is 41.5 Å². The lowest BCUT2D eigenvalue weighted by Gasteiger charge is -2.27. The lowest BCUT2D eigenvalue weighted by Crippen LogP contribution is -2.43. The molecule has 1 fully saturated rings. The van der Waals surface area contributed by atoms with Gasteiger partial charge in [0.15, 0.2) is 4.96 Å². The Bertz CT molecular complexity index is 1170. The third-order valence-corrected chi connectivity index (χ3v) is 5.74. The number of aryl methyl sites for hydroxylation is 1. The molecule has 5 rings (SSSR count). The van der Waals surface area contributed by atoms with Crippen LogP contribution in [0.2, 0.25) is 0 Å². The topological polar surface area (TPSA) is 67.5 Å². The molecule has 1 saturated heterocycles. The molecule has 132 valence electrons. The van der Waals surface area contributed by atoms with E-state index in [1.165, 1.54) is 0 Å². The van der Waals surface area contributed by atoms with E-state index in [0.29, 0.717) is 5.69 Å². The Hall–Kier alpha value is -2.71. The van der Waals surface area contributed by atoms with Crippen LogP contribution in [0.4, 0.5) is 5.00 Å². The average Bonchev–Trinajstić information content (AvgIpc) is 3.24. The van der Waals surface area contributed by atoms with Gasteiger partial charge in [0.1, 0.15) is 5.00 Å². The molecule has 0 saturated carbocycles. The van der Waals surface area contributed by atoms with E-state index >= 15 is 0 Å². The van der Waals surface area contributed by atoms with Crippen molar-refractivity contribution < 1.29 is 0 Å². The van der Waals surface area contributed by atoms with E-state index in [9.17, 15) is 4.79 Å². The molecule has 0 aliphatic carbocycles. The van der Waals surface area contributed by atoms with Crippen LogP contribution in [0.3, 0.4) is 0 Å². The zero-order chi connectivity index (χ0) is 17.7. The normalized spacial score (nSPS) is 15.2. The predicted octanol–water partition coefficient (Wildman–Crippen LogP) is 1.72. The first-order chi connectivity index (χ1) is 12.7. The summed E-state index contributed by atoms with van der Waals surface area (Å²) in [6, 6.07) is 7.58. The number of benzene rings is 1. The molecule has 26 heavy (non-hydrogen) atoms. The van der Waals surface area contributed by atoms with E-state index in [2.05, 4.69) is 15.3 Å². The number of hydrogen-bond donors (Lipinski definition) is 1. The van der Waals surface area contributed by atoms with Crippen LogP contribution in [-0.4, -0.2) is 45.3 Å². The van der Waals surface area contributed by atoms with E-state index in [1.54, 1.807) is 26.5 Å². The molecular formula is C18H18N6OS. The molecule has 1 aliphatic rings. The van der Waals surface area contributed by atoms with Crippen molar-refractivity contribution in [2.24, 2.45) is 7.05 Å². The average molecular weight is 366 g/mol. The zero-order valence-electron chi connectivity index (χ0n) is 14.3. The Morgan fingerprint density at radius 3 is 2.85 bits per heavy atom. The minimum Gasteiger partial charge on any atom is -0.360 e. The summed E-state index contributed by atoms with van der Waals surface area (Å²) in [5.74, 6) is 0. The Labute approximate surface area is 153 Å². The lowest BCUT2D eigenvalue weighted by molar-refractivity contribution is 0.591. The Morgan fingerprint density at radius 1 is 1.15 bits per heavy atom. The summed E-state index contributed by atoms with van der Waals surface area (Å²) in [6.07, 6.45) is 3.88. The number of hydrogen-bond acceptors (Lipinski definition) is 6. The third kappa shape index (κ3) is 2.58. The number of rotatable bonds is 2. The van der Waals surface area contributed by atoms with Gasteiger partial charge >= 0.3 is 0 Å². The highest BCUT2D eigenvalue weighted by molar-refractivity contribution is 7.20. The molecule has 0 atom stereocenters. The molecule has 4 aromatic rings. The van der Waals surface area contributed by atoms with Crippen molar-refractivity contribution in [3.63, 3.8) is 0 Å². The third-order valence-electron chi connectivity index (χ3n) is 4.70. The second-order valence-corrected chi connectivity index (χ2v) is 7.50. The van der Waals surface area contributed by atoms with Crippen LogP contribution in [0.1, 0.15) is 0 Å². The number of anilines is 1. The highest BCUT2D eigenvalue weighted by Gasteiger charge is 2.15. The van der Waals surface area contributed by atoms with Gasteiger partial charge in [-0.25, -0.2) is 4.98 Å². The molecule has 7 nitrogen and oxygen atoms in total. The molecule has 0 spiro atoms. The van der Waals surface area contributed by atoms with Gasteiger partial charge in [-0.3, -0.25) is 13.9 Å². The fraction of sp³-hybridized carbons (Fsp3) is 0.278. The lowest BCUT2D eigenvalue weighted by atomic mass is 10.1. The first kappa shape index (κ1) is 15.5. The number of fused-ring (bicyclic) bond motifs is 2. The summed E-state index contributed by atoms with van der Waals surface area (Å²) in [7, 11) is 1.90. The molecular weight excluding hydrogens is 348 g/mol. The largest absolute Gasteiger partial charge is 0.360 e. The van der Waals surface area contributed by atoms with E-state index in [-0.39, 0.29) is 5.56 Å². The maximum absolute atomic E-state index is 12.6. The van der Waals surface area contributed by atoms with Crippen molar-refractivity contribution in [3.8, 4) is 11.3 Å². The molecule has 0 amide bonds. The first-order valence-electron chi connectivity index (χ1n) is 8.60. The molecule has 1 aromatic carbocycles. The first-order valence-corrected chi connectivity index (χ1v) is 9.42. The second-order valence-electron chi connectivity index (χ2n) is 6.52. The quantitative estimate of drug-likeness (QED) is 0.585. The molecule has 3 aromatic heterocycles. The Kier molecular flexibility index (Phi) is 3.54. The Balaban J connectivity index is 1.60. The van der Waals surface area contributed by atoms with Crippen LogP contribution < -0.4 is 15.8 Å². The number of nitrogens with one attached hydrogen (secondary N) is 1. The number of thiazole rings is 1. The summed E-state index contributed by atoms with van der Waals surface area (Å²) in [6.45, 7) is 3.83. The van der Waals surface area contributed by atoms with Gasteiger partial charge in [-0.1, -0.05) is 17.4 Å². The molecule has 8 heteroatoms. The van der Waals surface area contributed by atoms with E-state index in [0.717, 1.165) is 52.6 Å². The van der Waals surface area contributed by atoms with Crippen LogP contribution in [0, 0.1) is 0 Å². The van der Waals surface area contributed by atoms with Crippen molar-refractivity contribution in [2.75, 3.05) is 31.1 Å².